The van der Waals surface area contributed by atoms with Gasteiger partial charge in [-0.1, -0.05) is 63.5 Å². The molecule has 0 radical (unpaired) electrons. The molecule has 0 aliphatic carbocycles. The fourth-order valence-corrected chi connectivity index (χ4v) is 5.46. The number of fused-ring (bicyclic) bond motifs is 3. The normalized spacial score (nSPS) is 17.5. The molecule has 1 aromatic heterocycles. The van der Waals surface area contributed by atoms with Crippen molar-refractivity contribution in [2.45, 2.75) is 84.1 Å². The lowest BCUT2D eigenvalue weighted by Crippen LogP contribution is -2.39. The van der Waals surface area contributed by atoms with Crippen molar-refractivity contribution in [1.82, 2.24) is 13.6 Å². The average molecular weight is 500 g/mol. The fourth-order valence-electron chi connectivity index (χ4n) is 4.93. The van der Waals surface area contributed by atoms with E-state index in [2.05, 4.69) is 47.4 Å². The summed E-state index contributed by atoms with van der Waals surface area (Å²) < 4.78 is 30.0. The predicted molar refractivity (Wildman–Crippen MR) is 145 cm³/mol. The molecule has 1 atom stereocenters. The van der Waals surface area contributed by atoms with Crippen LogP contribution >= 0.6 is 0 Å². The summed E-state index contributed by atoms with van der Waals surface area (Å²) in [6.45, 7) is 5.39. The number of amides is 1. The first-order chi connectivity index (χ1) is 16.8. The quantitative estimate of drug-likeness (QED) is 0.424. The Morgan fingerprint density at radius 3 is 2.60 bits per heavy atom. The number of aryl methyl sites for hydroxylation is 1. The number of nitrogens with zero attached hydrogens (tertiary/aromatic N) is 2. The summed E-state index contributed by atoms with van der Waals surface area (Å²) in [5, 5.41) is 1.19. The number of rotatable bonds is 9. The van der Waals surface area contributed by atoms with E-state index in [1.807, 2.05) is 12.1 Å². The van der Waals surface area contributed by atoms with E-state index in [4.69, 9.17) is 0 Å². The van der Waals surface area contributed by atoms with Gasteiger partial charge in [-0.05, 0) is 55.7 Å². The molecule has 192 valence electrons. The first-order valence-electron chi connectivity index (χ1n) is 13.0. The molecule has 0 fully saturated rings. The summed E-state index contributed by atoms with van der Waals surface area (Å²) in [6.07, 6.45) is 18.7. The number of unbranched alkanes of at least 4 members (excludes halogenated alkanes) is 2. The average Bonchev–Trinajstić information content (AvgIpc) is 3.09. The second-order valence-corrected chi connectivity index (χ2v) is 11.5. The van der Waals surface area contributed by atoms with Crippen molar-refractivity contribution in [3.63, 3.8) is 0 Å². The Morgan fingerprint density at radius 2 is 1.89 bits per heavy atom. The van der Waals surface area contributed by atoms with E-state index in [1.165, 1.54) is 50.0 Å². The molecule has 2 heterocycles. The van der Waals surface area contributed by atoms with Gasteiger partial charge < -0.3 is 4.57 Å². The first-order valence-corrected chi connectivity index (χ1v) is 14.4. The molecule has 7 heteroatoms. The van der Waals surface area contributed by atoms with Gasteiger partial charge in [0.25, 0.3) is 5.91 Å². The van der Waals surface area contributed by atoms with Gasteiger partial charge in [-0.15, -0.1) is 0 Å². The molecule has 6 nitrogen and oxygen atoms in total. The van der Waals surface area contributed by atoms with Crippen molar-refractivity contribution in [2.75, 3.05) is 14.1 Å². The zero-order valence-electron chi connectivity index (χ0n) is 21.7. The molecule has 1 aromatic carbocycles. The third-order valence-corrected chi connectivity index (χ3v) is 8.34. The number of allylic oxidation sites excluding steroid dienone is 4. The van der Waals surface area contributed by atoms with E-state index >= 15 is 0 Å². The second kappa shape index (κ2) is 12.5. The fraction of sp³-hybridized carbons (Fsp3) is 0.536. The summed E-state index contributed by atoms with van der Waals surface area (Å²) in [6, 6.07) is 5.67. The minimum atomic E-state index is -3.85. The van der Waals surface area contributed by atoms with E-state index < -0.39 is 16.1 Å². The molecule has 1 unspecified atom stereocenters. The van der Waals surface area contributed by atoms with Gasteiger partial charge in [-0.2, -0.15) is 12.7 Å². The van der Waals surface area contributed by atoms with Crippen LogP contribution in [-0.4, -0.2) is 37.3 Å². The monoisotopic (exact) mass is 499 g/mol. The Labute approximate surface area is 211 Å². The van der Waals surface area contributed by atoms with Crippen LogP contribution in [0.2, 0.25) is 0 Å². The van der Waals surface area contributed by atoms with Crippen molar-refractivity contribution in [2.24, 2.45) is 0 Å². The topological polar surface area (TPSA) is 71.4 Å². The van der Waals surface area contributed by atoms with Crippen LogP contribution in [0.5, 0.6) is 0 Å². The summed E-state index contributed by atoms with van der Waals surface area (Å²) in [5.41, 5.74) is 4.12. The summed E-state index contributed by atoms with van der Waals surface area (Å²) in [7, 11) is -1.05. The van der Waals surface area contributed by atoms with Crippen LogP contribution in [0, 0.1) is 0 Å². The highest BCUT2D eigenvalue weighted by Crippen LogP contribution is 2.38. The molecule has 3 rings (SSSR count). The number of nitrogens with one attached hydrogen (secondary N) is 1. The molecule has 0 saturated carbocycles. The lowest BCUT2D eigenvalue weighted by atomic mass is 9.88. The molecule has 0 spiro atoms. The summed E-state index contributed by atoms with van der Waals surface area (Å²) in [5.74, 6) is -0.142. The number of aromatic nitrogens is 1. The maximum atomic E-state index is 12.9. The number of carbonyl (C=O) groups is 1. The highest BCUT2D eigenvalue weighted by molar-refractivity contribution is 7.87. The van der Waals surface area contributed by atoms with Crippen molar-refractivity contribution in [3.05, 3.63) is 59.3 Å². The Hall–Kier alpha value is -2.38. The summed E-state index contributed by atoms with van der Waals surface area (Å²) >= 11 is 0. The van der Waals surface area contributed by atoms with Gasteiger partial charge in [0.1, 0.15) is 0 Å². The Morgan fingerprint density at radius 1 is 1.11 bits per heavy atom. The molecule has 1 N–H and O–H groups in total. The number of hydrogen-bond donors (Lipinski definition) is 1. The molecule has 0 bridgehead atoms. The van der Waals surface area contributed by atoms with E-state index in [0.29, 0.717) is 11.5 Å². The summed E-state index contributed by atoms with van der Waals surface area (Å²) in [4.78, 5) is 12.9. The number of carbonyl (C=O) groups excluding carboxylic acids is 1. The molecule has 2 aromatic rings. The zero-order chi connectivity index (χ0) is 25.4. The van der Waals surface area contributed by atoms with Crippen LogP contribution in [0.3, 0.4) is 0 Å². The molecule has 0 saturated heterocycles. The minimum absolute atomic E-state index is 0.361. The molecular formula is C28H41N3O3S. The molecule has 1 aliphatic heterocycles. The third-order valence-electron chi connectivity index (χ3n) is 6.93. The van der Waals surface area contributed by atoms with E-state index in [-0.39, 0.29) is 0 Å². The Kier molecular flexibility index (Phi) is 9.75. The highest BCUT2D eigenvalue weighted by atomic mass is 32.2. The smallest absolute Gasteiger partial charge is 0.303 e. The zero-order valence-corrected chi connectivity index (χ0v) is 22.5. The second-order valence-electron chi connectivity index (χ2n) is 9.62. The highest BCUT2D eigenvalue weighted by Gasteiger charge is 2.24. The SMILES string of the molecule is CCCCCC(CC)c1c2n(c3cc(C(=O)NS(=O)(=O)N(C)C)ccc13)CCCC/C=C\C=C/C2. The van der Waals surface area contributed by atoms with Gasteiger partial charge in [0.2, 0.25) is 0 Å². The Balaban J connectivity index is 2.13. The predicted octanol–water partition coefficient (Wildman–Crippen LogP) is 6.09. The van der Waals surface area contributed by atoms with Gasteiger partial charge in [0.15, 0.2) is 0 Å². The lowest BCUT2D eigenvalue weighted by molar-refractivity contribution is 0.0980. The van der Waals surface area contributed by atoms with Crippen molar-refractivity contribution in [1.29, 1.82) is 0 Å². The van der Waals surface area contributed by atoms with Gasteiger partial charge in [-0.25, -0.2) is 4.72 Å². The number of benzene rings is 1. The van der Waals surface area contributed by atoms with Crippen LogP contribution in [0.25, 0.3) is 10.9 Å². The Bertz CT molecular complexity index is 1180. The minimum Gasteiger partial charge on any atom is -0.344 e. The van der Waals surface area contributed by atoms with E-state index in [1.54, 1.807) is 6.07 Å². The maximum absolute atomic E-state index is 12.9. The maximum Gasteiger partial charge on any atom is 0.303 e. The molecule has 1 amide bonds. The van der Waals surface area contributed by atoms with Gasteiger partial charge in [0, 0.05) is 49.2 Å². The largest absolute Gasteiger partial charge is 0.344 e. The van der Waals surface area contributed by atoms with Crippen molar-refractivity contribution < 1.29 is 13.2 Å². The van der Waals surface area contributed by atoms with Gasteiger partial charge in [0.05, 0.1) is 0 Å². The lowest BCUT2D eigenvalue weighted by Gasteiger charge is -2.18. The van der Waals surface area contributed by atoms with Crippen LogP contribution in [-0.2, 0) is 23.2 Å². The van der Waals surface area contributed by atoms with Gasteiger partial charge >= 0.3 is 10.2 Å². The van der Waals surface area contributed by atoms with Crippen molar-refractivity contribution >= 4 is 27.0 Å². The number of hydrogen-bond acceptors (Lipinski definition) is 3. The van der Waals surface area contributed by atoms with Crippen molar-refractivity contribution in [3.8, 4) is 0 Å². The molecule has 1 aliphatic rings. The van der Waals surface area contributed by atoms with E-state index in [9.17, 15) is 13.2 Å². The van der Waals surface area contributed by atoms with E-state index in [0.717, 1.165) is 54.9 Å². The van der Waals surface area contributed by atoms with Crippen LogP contribution < -0.4 is 4.72 Å². The standard InChI is InChI=1S/C28H41N3O3S/c1-5-7-13-16-22(6-2)27-24-19-18-23(28(32)29-35(33,34)30(3)4)21-26(24)31-20-15-12-10-8-9-11-14-17-25(27)31/h8-9,11,14,18-19,21-22H,5-7,10,12-13,15-17,20H2,1-4H3,(H,29,32)/b9-8-,14-11-. The van der Waals surface area contributed by atoms with Gasteiger partial charge in [-0.3, -0.25) is 4.79 Å². The first kappa shape index (κ1) is 27.2. The molecular weight excluding hydrogens is 458 g/mol. The van der Waals surface area contributed by atoms with Crippen LogP contribution in [0.15, 0.2) is 42.5 Å². The van der Waals surface area contributed by atoms with Crippen LogP contribution in [0.4, 0.5) is 0 Å². The third kappa shape index (κ3) is 6.64. The molecule has 35 heavy (non-hydrogen) atoms. The van der Waals surface area contributed by atoms with Crippen LogP contribution in [0.1, 0.15) is 92.7 Å².